The molecule has 1 heterocycles. The van der Waals surface area contributed by atoms with E-state index in [1.165, 1.54) is 0 Å². The van der Waals surface area contributed by atoms with Crippen LogP contribution in [-0.4, -0.2) is 41.4 Å². The highest BCUT2D eigenvalue weighted by Crippen LogP contribution is 2.37. The van der Waals surface area contributed by atoms with Gasteiger partial charge >= 0.3 is 12.4 Å². The maximum Gasteiger partial charge on any atom is 0.421 e. The molecule has 1 aromatic heterocycles. The first-order chi connectivity index (χ1) is 10.7. The first-order valence-electron chi connectivity index (χ1n) is 6.09. The molecule has 0 aliphatic heterocycles. The van der Waals surface area contributed by atoms with E-state index in [1.54, 1.807) is 5.32 Å². The molecule has 24 heavy (non-hydrogen) atoms. The first-order valence-corrected chi connectivity index (χ1v) is 6.89. The zero-order chi connectivity index (χ0) is 18.9. The zero-order valence-electron chi connectivity index (χ0n) is 12.1. The summed E-state index contributed by atoms with van der Waals surface area (Å²) in [6.45, 7) is -0.782. The van der Waals surface area contributed by atoms with E-state index in [0.29, 0.717) is 13.0 Å². The minimum atomic E-state index is -5.01. The number of aliphatic hydroxyl groups is 1. The van der Waals surface area contributed by atoms with Crippen molar-refractivity contribution in [1.82, 2.24) is 10.3 Å². The summed E-state index contributed by atoms with van der Waals surface area (Å²) in [6, 6.07) is 0.517. The van der Waals surface area contributed by atoms with Crippen molar-refractivity contribution in [2.75, 3.05) is 13.7 Å². The minimum Gasteiger partial charge on any atom is -0.481 e. The Balaban J connectivity index is 3.09. The van der Waals surface area contributed by atoms with Gasteiger partial charge in [0, 0.05) is 4.47 Å². The Labute approximate surface area is 140 Å². The third kappa shape index (κ3) is 4.50. The molecule has 136 valence electrons. The van der Waals surface area contributed by atoms with E-state index in [0.717, 1.165) is 7.11 Å². The van der Waals surface area contributed by atoms with E-state index in [1.807, 2.05) is 0 Å². The van der Waals surface area contributed by atoms with Crippen LogP contribution in [0, 0.1) is 0 Å². The van der Waals surface area contributed by atoms with E-state index < -0.39 is 52.0 Å². The van der Waals surface area contributed by atoms with E-state index in [9.17, 15) is 36.2 Å². The first kappa shape index (κ1) is 20.5. The molecule has 0 aromatic carbocycles. The summed E-state index contributed by atoms with van der Waals surface area (Å²) in [4.78, 5) is 15.2. The number of aromatic nitrogens is 1. The number of methoxy groups -OCH3 is 1. The fraction of sp³-hybridized carbons (Fsp3) is 0.500. The van der Waals surface area contributed by atoms with Gasteiger partial charge in [-0.05, 0) is 28.9 Å². The van der Waals surface area contributed by atoms with E-state index >= 15 is 0 Å². The third-order valence-electron chi connectivity index (χ3n) is 2.86. The van der Waals surface area contributed by atoms with Gasteiger partial charge in [-0.15, -0.1) is 0 Å². The number of amides is 1. The van der Waals surface area contributed by atoms with Crippen LogP contribution in [-0.2, 0) is 6.18 Å². The Hall–Kier alpha value is -1.56. The Kier molecular flexibility index (Phi) is 5.76. The average molecular weight is 425 g/mol. The number of alkyl halides is 6. The van der Waals surface area contributed by atoms with Crippen LogP contribution in [0.15, 0.2) is 10.5 Å². The number of pyridine rings is 1. The lowest BCUT2D eigenvalue weighted by Gasteiger charge is -2.26. The number of hydrogen-bond donors (Lipinski definition) is 2. The largest absolute Gasteiger partial charge is 0.481 e. The second-order valence-corrected chi connectivity index (χ2v) is 5.68. The average Bonchev–Trinajstić information content (AvgIpc) is 2.42. The van der Waals surface area contributed by atoms with Gasteiger partial charge in [-0.1, -0.05) is 0 Å². The molecule has 0 fully saturated rings. The lowest BCUT2D eigenvalue weighted by molar-refractivity contribution is -0.249. The van der Waals surface area contributed by atoms with Crippen molar-refractivity contribution < 1.29 is 41.0 Å². The molecule has 0 bridgehead atoms. The number of hydrogen-bond acceptors (Lipinski definition) is 4. The van der Waals surface area contributed by atoms with Gasteiger partial charge in [0.2, 0.25) is 5.88 Å². The molecule has 0 spiro atoms. The monoisotopic (exact) mass is 424 g/mol. The highest BCUT2D eigenvalue weighted by atomic mass is 79.9. The van der Waals surface area contributed by atoms with Crippen molar-refractivity contribution in [3.05, 3.63) is 21.8 Å². The van der Waals surface area contributed by atoms with Crippen LogP contribution in [0.2, 0.25) is 0 Å². The van der Waals surface area contributed by atoms with Crippen molar-refractivity contribution >= 4 is 21.8 Å². The highest BCUT2D eigenvalue weighted by molar-refractivity contribution is 9.10. The predicted octanol–water partition coefficient (Wildman–Crippen LogP) is 2.91. The molecule has 5 nitrogen and oxygen atoms in total. The molecule has 0 aliphatic rings. The van der Waals surface area contributed by atoms with Gasteiger partial charge in [0.05, 0.1) is 13.7 Å². The van der Waals surface area contributed by atoms with Gasteiger partial charge < -0.3 is 15.2 Å². The smallest absolute Gasteiger partial charge is 0.421 e. The molecular weight excluding hydrogens is 414 g/mol. The molecule has 0 radical (unpaired) electrons. The molecule has 1 atom stereocenters. The van der Waals surface area contributed by atoms with Crippen molar-refractivity contribution in [2.24, 2.45) is 0 Å². The van der Waals surface area contributed by atoms with Gasteiger partial charge in [0.15, 0.2) is 5.60 Å². The number of nitrogens with one attached hydrogen (secondary N) is 1. The Bertz CT molecular complexity index is 630. The summed E-state index contributed by atoms with van der Waals surface area (Å²) in [7, 11) is 0.890. The quantitative estimate of drug-likeness (QED) is 0.729. The van der Waals surface area contributed by atoms with Crippen molar-refractivity contribution in [1.29, 1.82) is 0 Å². The van der Waals surface area contributed by atoms with Gasteiger partial charge in [-0.2, -0.15) is 26.3 Å². The number of nitrogens with zero attached hydrogens (tertiary/aromatic N) is 1. The van der Waals surface area contributed by atoms with Crippen molar-refractivity contribution in [2.45, 2.75) is 24.9 Å². The number of carbonyl (C=O) groups excluding carboxylic acids is 1. The van der Waals surface area contributed by atoms with Crippen LogP contribution >= 0.6 is 15.9 Å². The summed E-state index contributed by atoms with van der Waals surface area (Å²) < 4.78 is 79.9. The molecule has 1 aromatic rings. The lowest BCUT2D eigenvalue weighted by Crippen LogP contribution is -2.51. The molecule has 0 saturated heterocycles. The highest BCUT2D eigenvalue weighted by Gasteiger charge is 2.50. The van der Waals surface area contributed by atoms with Crippen LogP contribution < -0.4 is 10.1 Å². The molecule has 0 unspecified atom stereocenters. The Morgan fingerprint density at radius 1 is 1.33 bits per heavy atom. The van der Waals surface area contributed by atoms with Crippen LogP contribution in [0.4, 0.5) is 26.3 Å². The zero-order valence-corrected chi connectivity index (χ0v) is 13.7. The lowest BCUT2D eigenvalue weighted by atomic mass is 10.1. The molecule has 0 aliphatic carbocycles. The molecule has 2 N–H and O–H groups in total. The minimum absolute atomic E-state index is 0.403. The maximum atomic E-state index is 12.8. The standard InChI is InChI=1S/C12H11BrF6N2O3/c1-10(23,12(17,18)19)4-20-8(22)7-6(13)3-5(11(14,15)16)9(21-7)24-2/h3,23H,4H2,1-2H3,(H,20,22)/t10-/m0/s1. The summed E-state index contributed by atoms with van der Waals surface area (Å²) in [5.41, 5.74) is -5.11. The van der Waals surface area contributed by atoms with Gasteiger partial charge in [-0.25, -0.2) is 4.98 Å². The fourth-order valence-electron chi connectivity index (χ4n) is 1.43. The fourth-order valence-corrected chi connectivity index (χ4v) is 1.92. The summed E-state index contributed by atoms with van der Waals surface area (Å²) >= 11 is 2.70. The number of ether oxygens (including phenoxy) is 1. The second kappa shape index (κ2) is 6.75. The van der Waals surface area contributed by atoms with E-state index in [4.69, 9.17) is 0 Å². The second-order valence-electron chi connectivity index (χ2n) is 4.83. The predicted molar refractivity (Wildman–Crippen MR) is 72.5 cm³/mol. The number of halogens is 7. The van der Waals surface area contributed by atoms with Crippen molar-refractivity contribution in [3.8, 4) is 5.88 Å². The summed E-state index contributed by atoms with van der Waals surface area (Å²) in [5, 5.41) is 11.0. The van der Waals surface area contributed by atoms with E-state index in [2.05, 4.69) is 25.7 Å². The normalized spacial score (nSPS) is 14.9. The topological polar surface area (TPSA) is 71.5 Å². The van der Waals surface area contributed by atoms with E-state index in [-0.39, 0.29) is 0 Å². The van der Waals surface area contributed by atoms with Crippen LogP contribution in [0.1, 0.15) is 23.0 Å². The third-order valence-corrected chi connectivity index (χ3v) is 3.46. The van der Waals surface area contributed by atoms with Crippen LogP contribution in [0.5, 0.6) is 5.88 Å². The van der Waals surface area contributed by atoms with Crippen LogP contribution in [0.25, 0.3) is 0 Å². The van der Waals surface area contributed by atoms with Gasteiger partial charge in [0.1, 0.15) is 11.3 Å². The SMILES string of the molecule is COc1nc(C(=O)NC[C@](C)(O)C(F)(F)F)c(Br)cc1C(F)(F)F. The molecule has 0 saturated carbocycles. The molecule has 12 heteroatoms. The maximum absolute atomic E-state index is 12.8. The van der Waals surface area contributed by atoms with Gasteiger partial charge in [0.25, 0.3) is 5.91 Å². The van der Waals surface area contributed by atoms with Crippen molar-refractivity contribution in [3.63, 3.8) is 0 Å². The molecule has 1 rings (SSSR count). The Morgan fingerprint density at radius 2 is 1.88 bits per heavy atom. The summed E-state index contributed by atoms with van der Waals surface area (Å²) in [6.07, 6.45) is -9.82. The molecular formula is C12H11BrF6N2O3. The van der Waals surface area contributed by atoms with Crippen LogP contribution in [0.3, 0.4) is 0 Å². The molecule has 1 amide bonds. The number of carbonyl (C=O) groups is 1. The summed E-state index contributed by atoms with van der Waals surface area (Å²) in [5.74, 6) is -2.14. The number of rotatable bonds is 4. The Morgan fingerprint density at radius 3 is 2.29 bits per heavy atom. The van der Waals surface area contributed by atoms with Gasteiger partial charge in [-0.3, -0.25) is 4.79 Å².